The Bertz CT molecular complexity index is 1160. The molecule has 7 nitrogen and oxygen atoms in total. The molecule has 3 heterocycles. The number of urea groups is 1. The lowest BCUT2D eigenvalue weighted by atomic mass is 9.87. The number of carbonyl (C=O) groups excluding carboxylic acids is 2. The van der Waals surface area contributed by atoms with E-state index in [4.69, 9.17) is 5.11 Å². The summed E-state index contributed by atoms with van der Waals surface area (Å²) in [5, 5.41) is 10.1. The lowest BCUT2D eigenvalue weighted by Crippen LogP contribution is -2.49. The molecule has 2 aliphatic rings. The maximum Gasteiger partial charge on any atom is 0.335 e. The van der Waals surface area contributed by atoms with Crippen LogP contribution < -0.4 is 4.90 Å². The molecule has 1 atom stereocenters. The topological polar surface area (TPSA) is 93.7 Å². The number of aromatic amines is 1. The van der Waals surface area contributed by atoms with Crippen molar-refractivity contribution in [2.75, 3.05) is 11.4 Å². The molecule has 28 heavy (non-hydrogen) atoms. The minimum Gasteiger partial charge on any atom is -0.478 e. The lowest BCUT2D eigenvalue weighted by Gasteiger charge is -2.35. The van der Waals surface area contributed by atoms with Crippen molar-refractivity contribution in [3.63, 3.8) is 0 Å². The molecule has 0 spiro atoms. The fourth-order valence-corrected chi connectivity index (χ4v) is 4.37. The fraction of sp³-hybridized carbons (Fsp3) is 0.190. The maximum absolute atomic E-state index is 13.5. The normalized spacial score (nSPS) is 21.2. The van der Waals surface area contributed by atoms with Crippen LogP contribution in [0.5, 0.6) is 0 Å². The number of carboxylic acid groups (broad SMARTS) is 1. The number of anilines is 1. The molecular weight excluding hydrogens is 358 g/mol. The van der Waals surface area contributed by atoms with E-state index in [0.29, 0.717) is 18.7 Å². The van der Waals surface area contributed by atoms with E-state index < -0.39 is 11.5 Å². The molecule has 7 heteroatoms. The van der Waals surface area contributed by atoms with E-state index in [1.807, 2.05) is 24.3 Å². The van der Waals surface area contributed by atoms with Gasteiger partial charge in [-0.2, -0.15) is 0 Å². The molecule has 2 N–H and O–H groups in total. The number of para-hydroxylation sites is 1. The Morgan fingerprint density at radius 3 is 2.54 bits per heavy atom. The third-order valence-corrected chi connectivity index (χ3v) is 5.84. The van der Waals surface area contributed by atoms with E-state index in [9.17, 15) is 14.4 Å². The number of carboxylic acids is 1. The summed E-state index contributed by atoms with van der Waals surface area (Å²) in [6.07, 6.45) is 0.666. The maximum atomic E-state index is 13.5. The highest BCUT2D eigenvalue weighted by molar-refractivity contribution is 6.23. The number of hydrogen-bond acceptors (Lipinski definition) is 3. The van der Waals surface area contributed by atoms with Crippen molar-refractivity contribution < 1.29 is 19.5 Å². The molecule has 3 amide bonds. The number of rotatable bonds is 2. The Kier molecular flexibility index (Phi) is 3.22. The summed E-state index contributed by atoms with van der Waals surface area (Å²) in [4.78, 5) is 43.7. The zero-order chi connectivity index (χ0) is 19.6. The number of fused-ring (bicyclic) bond motifs is 5. The van der Waals surface area contributed by atoms with Gasteiger partial charge in [0.15, 0.2) is 5.54 Å². The highest BCUT2D eigenvalue weighted by atomic mass is 16.4. The number of H-pyrrole nitrogens is 1. The second-order valence-electron chi connectivity index (χ2n) is 7.27. The van der Waals surface area contributed by atoms with Crippen molar-refractivity contribution in [1.29, 1.82) is 0 Å². The van der Waals surface area contributed by atoms with Crippen molar-refractivity contribution >= 4 is 34.5 Å². The van der Waals surface area contributed by atoms with Crippen LogP contribution in [0, 0.1) is 0 Å². The molecule has 0 unspecified atom stereocenters. The summed E-state index contributed by atoms with van der Waals surface area (Å²) < 4.78 is 0. The summed E-state index contributed by atoms with van der Waals surface area (Å²) in [5.74, 6) is -1.40. The molecular formula is C21H17N3O4. The molecule has 0 radical (unpaired) electrons. The van der Waals surface area contributed by atoms with E-state index in [0.717, 1.165) is 27.1 Å². The van der Waals surface area contributed by atoms with Crippen molar-refractivity contribution in [2.24, 2.45) is 0 Å². The average molecular weight is 375 g/mol. The summed E-state index contributed by atoms with van der Waals surface area (Å²) >= 11 is 0. The highest BCUT2D eigenvalue weighted by Crippen LogP contribution is 2.45. The second-order valence-corrected chi connectivity index (χ2v) is 7.27. The molecule has 2 aliphatic heterocycles. The minimum atomic E-state index is -1.12. The van der Waals surface area contributed by atoms with E-state index in [1.54, 1.807) is 11.8 Å². The smallest absolute Gasteiger partial charge is 0.335 e. The fourth-order valence-electron chi connectivity index (χ4n) is 4.37. The molecule has 0 aliphatic carbocycles. The first kappa shape index (κ1) is 16.6. The largest absolute Gasteiger partial charge is 0.478 e. The molecule has 3 aromatic rings. The van der Waals surface area contributed by atoms with Crippen molar-refractivity contribution in [1.82, 2.24) is 9.88 Å². The molecule has 140 valence electrons. The van der Waals surface area contributed by atoms with E-state index >= 15 is 0 Å². The monoisotopic (exact) mass is 375 g/mol. The van der Waals surface area contributed by atoms with Crippen molar-refractivity contribution in [2.45, 2.75) is 18.9 Å². The Labute approximate surface area is 160 Å². The van der Waals surface area contributed by atoms with E-state index in [2.05, 4.69) is 4.98 Å². The van der Waals surface area contributed by atoms with Crippen LogP contribution >= 0.6 is 0 Å². The molecule has 0 bridgehead atoms. The van der Waals surface area contributed by atoms with Crippen LogP contribution in [0.3, 0.4) is 0 Å². The first-order valence-corrected chi connectivity index (χ1v) is 9.02. The number of benzene rings is 2. The molecule has 0 saturated carbocycles. The standard InChI is InChI=1S/C21H17N3O4/c1-21-17-15(14-4-2-3-5-16(14)22-17)10-11-23(21)20(28)24(19(21)27)13-8-6-12(7-9-13)18(25)26/h2-9,22H,10-11H2,1H3,(H,25,26)/t21-/m0/s1. The Morgan fingerprint density at radius 2 is 1.82 bits per heavy atom. The van der Waals surface area contributed by atoms with Gasteiger partial charge in [0.2, 0.25) is 0 Å². The summed E-state index contributed by atoms with van der Waals surface area (Å²) in [5.41, 5.74) is 2.12. The van der Waals surface area contributed by atoms with Gasteiger partial charge < -0.3 is 15.0 Å². The van der Waals surface area contributed by atoms with Crippen LogP contribution in [0.4, 0.5) is 10.5 Å². The van der Waals surface area contributed by atoms with Gasteiger partial charge in [-0.25, -0.2) is 14.5 Å². The van der Waals surface area contributed by atoms with Gasteiger partial charge >= 0.3 is 12.0 Å². The number of imide groups is 1. The third-order valence-electron chi connectivity index (χ3n) is 5.84. The molecule has 5 rings (SSSR count). The Hall–Kier alpha value is -3.61. The molecule has 1 saturated heterocycles. The average Bonchev–Trinajstić information content (AvgIpc) is 3.17. The van der Waals surface area contributed by atoms with Gasteiger partial charge in [0.05, 0.1) is 16.9 Å². The predicted octanol–water partition coefficient (Wildman–Crippen LogP) is 3.11. The number of carbonyl (C=O) groups is 3. The van der Waals surface area contributed by atoms with Gasteiger partial charge in [-0.05, 0) is 49.2 Å². The molecule has 1 fully saturated rings. The quantitative estimate of drug-likeness (QED) is 0.673. The number of aromatic nitrogens is 1. The van der Waals surface area contributed by atoms with Crippen LogP contribution in [0.15, 0.2) is 48.5 Å². The number of aromatic carboxylic acids is 1. The highest BCUT2D eigenvalue weighted by Gasteiger charge is 2.58. The number of nitrogens with zero attached hydrogens (tertiary/aromatic N) is 2. The number of amides is 3. The zero-order valence-corrected chi connectivity index (χ0v) is 15.1. The first-order chi connectivity index (χ1) is 13.4. The van der Waals surface area contributed by atoms with Gasteiger partial charge in [-0.3, -0.25) is 4.79 Å². The zero-order valence-electron chi connectivity index (χ0n) is 15.1. The van der Waals surface area contributed by atoms with E-state index in [-0.39, 0.29) is 17.5 Å². The van der Waals surface area contributed by atoms with Crippen LogP contribution in [-0.4, -0.2) is 39.4 Å². The van der Waals surface area contributed by atoms with Gasteiger partial charge in [0.25, 0.3) is 5.91 Å². The Balaban J connectivity index is 1.63. The molecule has 1 aromatic heterocycles. The summed E-state index contributed by atoms with van der Waals surface area (Å²) in [7, 11) is 0. The second kappa shape index (κ2) is 5.45. The minimum absolute atomic E-state index is 0.102. The van der Waals surface area contributed by atoms with Crippen molar-refractivity contribution in [3.05, 3.63) is 65.4 Å². The van der Waals surface area contributed by atoms with E-state index in [1.165, 1.54) is 24.3 Å². The van der Waals surface area contributed by atoms with Crippen LogP contribution in [0.25, 0.3) is 10.9 Å². The summed E-state index contributed by atoms with van der Waals surface area (Å²) in [6, 6.07) is 13.3. The SMILES string of the molecule is C[C@]12C(=O)N(c3ccc(C(=O)O)cc3)C(=O)N1CCc1c2[nH]c2ccccc12. The van der Waals surface area contributed by atoms with Crippen LogP contribution in [0.1, 0.15) is 28.5 Å². The third kappa shape index (κ3) is 1.95. The van der Waals surface area contributed by atoms with Gasteiger partial charge in [-0.15, -0.1) is 0 Å². The molecule has 2 aromatic carbocycles. The van der Waals surface area contributed by atoms with Crippen molar-refractivity contribution in [3.8, 4) is 0 Å². The Morgan fingerprint density at radius 1 is 1.11 bits per heavy atom. The van der Waals surface area contributed by atoms with Crippen LogP contribution in [0.2, 0.25) is 0 Å². The lowest BCUT2D eigenvalue weighted by molar-refractivity contribution is -0.125. The predicted molar refractivity (Wildman–Crippen MR) is 102 cm³/mol. The number of hydrogen-bond donors (Lipinski definition) is 2. The van der Waals surface area contributed by atoms with Gasteiger partial charge in [-0.1, -0.05) is 18.2 Å². The van der Waals surface area contributed by atoms with Gasteiger partial charge in [0, 0.05) is 17.4 Å². The first-order valence-electron chi connectivity index (χ1n) is 9.02. The van der Waals surface area contributed by atoms with Gasteiger partial charge in [0.1, 0.15) is 0 Å². The summed E-state index contributed by atoms with van der Waals surface area (Å²) in [6.45, 7) is 2.21. The number of nitrogens with one attached hydrogen (secondary N) is 1. The van der Waals surface area contributed by atoms with Crippen LogP contribution in [-0.2, 0) is 16.8 Å².